The molecule has 1 amide bonds. The zero-order valence-electron chi connectivity index (χ0n) is 13.9. The third-order valence-corrected chi connectivity index (χ3v) is 3.62. The maximum atomic E-state index is 11.9. The SMILES string of the molecule is CC(NC1CN(C(=O)OC(C)(C)C)C1)c1ccc([N+](=O)[O-])cc1. The number of nitrogens with zero attached hydrogens (tertiary/aromatic N) is 2. The van der Waals surface area contributed by atoms with Gasteiger partial charge in [0.1, 0.15) is 5.60 Å². The number of likely N-dealkylation sites (tertiary alicyclic amines) is 1. The Hall–Kier alpha value is -2.15. The van der Waals surface area contributed by atoms with Crippen molar-refractivity contribution in [3.63, 3.8) is 0 Å². The molecule has 1 aromatic carbocycles. The fraction of sp³-hybridized carbons (Fsp3) is 0.562. The summed E-state index contributed by atoms with van der Waals surface area (Å²) >= 11 is 0. The quantitative estimate of drug-likeness (QED) is 0.681. The number of nitrogens with one attached hydrogen (secondary N) is 1. The highest BCUT2D eigenvalue weighted by Crippen LogP contribution is 2.21. The van der Waals surface area contributed by atoms with E-state index in [0.29, 0.717) is 13.1 Å². The van der Waals surface area contributed by atoms with Gasteiger partial charge in [-0.2, -0.15) is 0 Å². The van der Waals surface area contributed by atoms with E-state index >= 15 is 0 Å². The third-order valence-electron chi connectivity index (χ3n) is 3.62. The van der Waals surface area contributed by atoms with Crippen molar-refractivity contribution in [1.29, 1.82) is 0 Å². The fourth-order valence-corrected chi connectivity index (χ4v) is 2.39. The standard InChI is InChI=1S/C16H23N3O4/c1-11(12-5-7-14(8-6-12)19(21)22)17-13-9-18(10-13)15(20)23-16(2,3)4/h5-8,11,13,17H,9-10H2,1-4H3. The summed E-state index contributed by atoms with van der Waals surface area (Å²) in [6.45, 7) is 8.74. The second-order valence-corrected chi connectivity index (χ2v) is 6.82. The first-order chi connectivity index (χ1) is 10.7. The number of nitro groups is 1. The maximum absolute atomic E-state index is 11.9. The second-order valence-electron chi connectivity index (χ2n) is 6.82. The third kappa shape index (κ3) is 4.66. The normalized spacial score (nSPS) is 16.6. The predicted octanol–water partition coefficient (Wildman–Crippen LogP) is 2.86. The van der Waals surface area contributed by atoms with Crippen molar-refractivity contribution in [2.45, 2.75) is 45.4 Å². The molecule has 126 valence electrons. The van der Waals surface area contributed by atoms with Gasteiger partial charge in [0.25, 0.3) is 5.69 Å². The summed E-state index contributed by atoms with van der Waals surface area (Å²) in [5, 5.41) is 14.1. The van der Waals surface area contributed by atoms with Crippen LogP contribution in [0, 0.1) is 10.1 Å². The van der Waals surface area contributed by atoms with Crippen molar-refractivity contribution < 1.29 is 14.5 Å². The number of benzene rings is 1. The number of nitro benzene ring substituents is 1. The van der Waals surface area contributed by atoms with Crippen LogP contribution in [0.2, 0.25) is 0 Å². The molecule has 1 heterocycles. The van der Waals surface area contributed by atoms with E-state index in [1.54, 1.807) is 17.0 Å². The number of hydrogen-bond donors (Lipinski definition) is 1. The van der Waals surface area contributed by atoms with Crippen LogP contribution < -0.4 is 5.32 Å². The van der Waals surface area contributed by atoms with Gasteiger partial charge in [-0.1, -0.05) is 12.1 Å². The van der Waals surface area contributed by atoms with Gasteiger partial charge in [-0.3, -0.25) is 10.1 Å². The Labute approximate surface area is 135 Å². The lowest BCUT2D eigenvalue weighted by molar-refractivity contribution is -0.384. The summed E-state index contributed by atoms with van der Waals surface area (Å²) in [7, 11) is 0. The van der Waals surface area contributed by atoms with E-state index in [9.17, 15) is 14.9 Å². The van der Waals surface area contributed by atoms with Crippen LogP contribution in [0.1, 0.15) is 39.3 Å². The minimum absolute atomic E-state index is 0.0570. The molecule has 1 saturated heterocycles. The molecule has 1 aromatic rings. The Morgan fingerprint density at radius 3 is 2.39 bits per heavy atom. The van der Waals surface area contributed by atoms with E-state index in [1.807, 2.05) is 27.7 Å². The highest BCUT2D eigenvalue weighted by atomic mass is 16.6. The van der Waals surface area contributed by atoms with Gasteiger partial charge in [0, 0.05) is 37.3 Å². The van der Waals surface area contributed by atoms with E-state index < -0.39 is 10.5 Å². The Morgan fingerprint density at radius 1 is 1.35 bits per heavy atom. The lowest BCUT2D eigenvalue weighted by Crippen LogP contribution is -2.60. The van der Waals surface area contributed by atoms with Crippen molar-refractivity contribution in [3.05, 3.63) is 39.9 Å². The van der Waals surface area contributed by atoms with Gasteiger partial charge in [-0.15, -0.1) is 0 Å². The van der Waals surface area contributed by atoms with Gasteiger partial charge in [-0.25, -0.2) is 4.79 Å². The first-order valence-electron chi connectivity index (χ1n) is 7.64. The van der Waals surface area contributed by atoms with Crippen molar-refractivity contribution >= 4 is 11.8 Å². The molecular weight excluding hydrogens is 298 g/mol. The molecule has 1 atom stereocenters. The Kier molecular flexibility index (Phi) is 4.89. The molecule has 1 fully saturated rings. The van der Waals surface area contributed by atoms with Crippen molar-refractivity contribution in [3.8, 4) is 0 Å². The number of amides is 1. The Morgan fingerprint density at radius 2 is 1.91 bits per heavy atom. The minimum atomic E-state index is -0.484. The van der Waals surface area contributed by atoms with Crippen LogP contribution in [0.3, 0.4) is 0 Å². The molecule has 0 aromatic heterocycles. The van der Waals surface area contributed by atoms with Gasteiger partial charge in [0.2, 0.25) is 0 Å². The van der Waals surface area contributed by atoms with Crippen LogP contribution in [0.25, 0.3) is 0 Å². The summed E-state index contributed by atoms with van der Waals surface area (Å²) in [6.07, 6.45) is -0.293. The summed E-state index contributed by atoms with van der Waals surface area (Å²) in [6, 6.07) is 6.76. The second kappa shape index (κ2) is 6.54. The maximum Gasteiger partial charge on any atom is 0.410 e. The number of rotatable bonds is 4. The van der Waals surface area contributed by atoms with E-state index in [0.717, 1.165) is 5.56 Å². The fourth-order valence-electron chi connectivity index (χ4n) is 2.39. The first kappa shape index (κ1) is 17.2. The molecule has 1 aliphatic heterocycles. The summed E-state index contributed by atoms with van der Waals surface area (Å²) in [5.74, 6) is 0. The summed E-state index contributed by atoms with van der Waals surface area (Å²) in [4.78, 5) is 23.8. The minimum Gasteiger partial charge on any atom is -0.444 e. The molecule has 0 saturated carbocycles. The number of carbonyl (C=O) groups is 1. The molecule has 1 unspecified atom stereocenters. The molecule has 0 bridgehead atoms. The topological polar surface area (TPSA) is 84.7 Å². The molecule has 2 rings (SSSR count). The van der Waals surface area contributed by atoms with Crippen LogP contribution in [0.15, 0.2) is 24.3 Å². The van der Waals surface area contributed by atoms with Crippen LogP contribution in [0.4, 0.5) is 10.5 Å². The van der Waals surface area contributed by atoms with Gasteiger partial charge in [0.15, 0.2) is 0 Å². The van der Waals surface area contributed by atoms with Crippen LogP contribution >= 0.6 is 0 Å². The highest BCUT2D eigenvalue weighted by Gasteiger charge is 2.34. The van der Waals surface area contributed by atoms with Gasteiger partial charge < -0.3 is 15.0 Å². The zero-order valence-corrected chi connectivity index (χ0v) is 13.9. The van der Waals surface area contributed by atoms with Crippen LogP contribution in [0.5, 0.6) is 0 Å². The number of non-ortho nitro benzene ring substituents is 1. The van der Waals surface area contributed by atoms with E-state index in [2.05, 4.69) is 5.32 Å². The lowest BCUT2D eigenvalue weighted by Gasteiger charge is -2.41. The largest absolute Gasteiger partial charge is 0.444 e. The van der Waals surface area contributed by atoms with Crippen molar-refractivity contribution in [2.75, 3.05) is 13.1 Å². The van der Waals surface area contributed by atoms with Crippen molar-refractivity contribution in [2.24, 2.45) is 0 Å². The highest BCUT2D eigenvalue weighted by molar-refractivity contribution is 5.69. The first-order valence-corrected chi connectivity index (χ1v) is 7.64. The Bertz CT molecular complexity index is 574. The molecule has 0 spiro atoms. The molecule has 7 heteroatoms. The average Bonchev–Trinajstić information content (AvgIpc) is 2.40. The number of ether oxygens (including phenoxy) is 1. The van der Waals surface area contributed by atoms with E-state index in [-0.39, 0.29) is 23.9 Å². The summed E-state index contributed by atoms with van der Waals surface area (Å²) < 4.78 is 5.31. The molecular formula is C16H23N3O4. The van der Waals surface area contributed by atoms with Gasteiger partial charge in [0.05, 0.1) is 4.92 Å². The smallest absolute Gasteiger partial charge is 0.410 e. The van der Waals surface area contributed by atoms with E-state index in [4.69, 9.17) is 4.74 Å². The molecule has 7 nitrogen and oxygen atoms in total. The summed E-state index contributed by atoms with van der Waals surface area (Å²) in [5.41, 5.74) is 0.578. The lowest BCUT2D eigenvalue weighted by atomic mass is 10.0. The van der Waals surface area contributed by atoms with Crippen LogP contribution in [-0.4, -0.2) is 40.6 Å². The van der Waals surface area contributed by atoms with Crippen LogP contribution in [-0.2, 0) is 4.74 Å². The molecule has 1 aliphatic rings. The zero-order chi connectivity index (χ0) is 17.2. The van der Waals surface area contributed by atoms with E-state index in [1.165, 1.54) is 12.1 Å². The number of carbonyl (C=O) groups excluding carboxylic acids is 1. The predicted molar refractivity (Wildman–Crippen MR) is 86.2 cm³/mol. The molecule has 1 N–H and O–H groups in total. The molecule has 0 aliphatic carbocycles. The molecule has 23 heavy (non-hydrogen) atoms. The Balaban J connectivity index is 1.81. The van der Waals surface area contributed by atoms with Gasteiger partial charge >= 0.3 is 6.09 Å². The van der Waals surface area contributed by atoms with Gasteiger partial charge in [-0.05, 0) is 33.3 Å². The average molecular weight is 321 g/mol. The number of hydrogen-bond acceptors (Lipinski definition) is 5. The van der Waals surface area contributed by atoms with Crippen molar-refractivity contribution in [1.82, 2.24) is 10.2 Å². The monoisotopic (exact) mass is 321 g/mol. The molecule has 0 radical (unpaired) electrons.